The summed E-state index contributed by atoms with van der Waals surface area (Å²) in [5.41, 5.74) is 0. The first-order valence-electron chi connectivity index (χ1n) is 5.47. The molecule has 0 fully saturated rings. The molecule has 0 aliphatic carbocycles. The molecule has 1 N–H and O–H groups in total. The number of ether oxygens (including phenoxy) is 1. The molecule has 0 radical (unpaired) electrons. The molecule has 0 saturated carbocycles. The van der Waals surface area contributed by atoms with Crippen molar-refractivity contribution in [2.75, 3.05) is 13.2 Å². The number of hydrogen-bond donors (Lipinski definition) is 1. The minimum Gasteiger partial charge on any atom is -0.466 e. The van der Waals surface area contributed by atoms with Gasteiger partial charge in [-0.05, 0) is 25.1 Å². The summed E-state index contributed by atoms with van der Waals surface area (Å²) in [5, 5.41) is -0.284. The molecular weight excluding hydrogens is 297 g/mol. The van der Waals surface area contributed by atoms with E-state index < -0.39 is 21.8 Å². The van der Waals surface area contributed by atoms with Crippen LogP contribution in [0.1, 0.15) is 13.3 Å². The highest BCUT2D eigenvalue weighted by atomic mass is 35.5. The monoisotopic (exact) mass is 309 g/mol. The van der Waals surface area contributed by atoms with Crippen LogP contribution < -0.4 is 4.72 Å². The van der Waals surface area contributed by atoms with Gasteiger partial charge in [0.15, 0.2) is 0 Å². The molecular formula is C11H13ClFNO4S. The van der Waals surface area contributed by atoms with Crippen molar-refractivity contribution in [3.63, 3.8) is 0 Å². The molecule has 0 spiro atoms. The second-order valence-electron chi connectivity index (χ2n) is 3.53. The first-order valence-corrected chi connectivity index (χ1v) is 7.33. The molecule has 19 heavy (non-hydrogen) atoms. The molecule has 0 saturated heterocycles. The Balaban J connectivity index is 2.66. The molecule has 8 heteroatoms. The van der Waals surface area contributed by atoms with Crippen LogP contribution in [0.2, 0.25) is 5.02 Å². The number of rotatable bonds is 6. The Hall–Kier alpha value is -1.18. The van der Waals surface area contributed by atoms with Crippen molar-refractivity contribution >= 4 is 27.6 Å². The fourth-order valence-electron chi connectivity index (χ4n) is 1.25. The SMILES string of the molecule is CCOC(=O)CCNS(=O)(=O)c1ccc(F)c(Cl)c1. The summed E-state index contributed by atoms with van der Waals surface area (Å²) < 4.78 is 43.4. The summed E-state index contributed by atoms with van der Waals surface area (Å²) in [6.07, 6.45) is -0.0814. The number of carbonyl (C=O) groups excluding carboxylic acids is 1. The van der Waals surface area contributed by atoms with Gasteiger partial charge in [-0.2, -0.15) is 0 Å². The standard InChI is InChI=1S/C11H13ClFNO4S/c1-2-18-11(15)5-6-14-19(16,17)8-3-4-10(13)9(12)7-8/h3-4,7,14H,2,5-6H2,1H3. The summed E-state index contributed by atoms with van der Waals surface area (Å²) in [5.74, 6) is -1.20. The van der Waals surface area contributed by atoms with Gasteiger partial charge in [-0.1, -0.05) is 11.6 Å². The molecule has 5 nitrogen and oxygen atoms in total. The van der Waals surface area contributed by atoms with E-state index >= 15 is 0 Å². The molecule has 1 rings (SSSR count). The van der Waals surface area contributed by atoms with Crippen molar-refractivity contribution < 1.29 is 22.3 Å². The van der Waals surface area contributed by atoms with Crippen LogP contribution in [0.3, 0.4) is 0 Å². The van der Waals surface area contributed by atoms with Gasteiger partial charge in [0.2, 0.25) is 10.0 Å². The molecule has 0 amide bonds. The summed E-state index contributed by atoms with van der Waals surface area (Å²) in [6.45, 7) is 1.79. The van der Waals surface area contributed by atoms with Crippen molar-refractivity contribution in [3.05, 3.63) is 29.0 Å². The number of hydrogen-bond acceptors (Lipinski definition) is 4. The van der Waals surface area contributed by atoms with Crippen LogP contribution in [-0.4, -0.2) is 27.5 Å². The lowest BCUT2D eigenvalue weighted by molar-refractivity contribution is -0.142. The van der Waals surface area contributed by atoms with Crippen LogP contribution in [-0.2, 0) is 19.6 Å². The first-order chi connectivity index (χ1) is 8.86. The average molecular weight is 310 g/mol. The number of esters is 1. The predicted octanol–water partition coefficient (Wildman–Crippen LogP) is 1.71. The zero-order valence-electron chi connectivity index (χ0n) is 10.2. The molecule has 0 unspecified atom stereocenters. The normalized spacial score (nSPS) is 11.3. The molecule has 0 bridgehead atoms. The Labute approximate surface area is 115 Å². The zero-order valence-corrected chi connectivity index (χ0v) is 11.7. The fraction of sp³-hybridized carbons (Fsp3) is 0.364. The third kappa shape index (κ3) is 4.77. The van der Waals surface area contributed by atoms with Crippen molar-refractivity contribution in [2.24, 2.45) is 0 Å². The van der Waals surface area contributed by atoms with Gasteiger partial charge in [-0.3, -0.25) is 4.79 Å². The smallest absolute Gasteiger partial charge is 0.307 e. The molecule has 0 heterocycles. The fourth-order valence-corrected chi connectivity index (χ4v) is 2.55. The van der Waals surface area contributed by atoms with E-state index in [1.165, 1.54) is 0 Å². The summed E-state index contributed by atoms with van der Waals surface area (Å²) in [4.78, 5) is 10.9. The Morgan fingerprint density at radius 3 is 2.74 bits per heavy atom. The van der Waals surface area contributed by atoms with E-state index in [-0.39, 0.29) is 29.5 Å². The average Bonchev–Trinajstić information content (AvgIpc) is 2.32. The number of sulfonamides is 1. The van der Waals surface area contributed by atoms with E-state index in [9.17, 15) is 17.6 Å². The number of benzene rings is 1. The van der Waals surface area contributed by atoms with Gasteiger partial charge in [0.1, 0.15) is 5.82 Å². The van der Waals surface area contributed by atoms with Crippen LogP contribution >= 0.6 is 11.6 Å². The second kappa shape index (κ2) is 6.83. The molecule has 0 aliphatic rings. The molecule has 0 atom stereocenters. The first kappa shape index (κ1) is 15.9. The molecule has 0 aromatic heterocycles. The van der Waals surface area contributed by atoms with Crippen LogP contribution in [0.5, 0.6) is 0 Å². The van der Waals surface area contributed by atoms with E-state index in [2.05, 4.69) is 9.46 Å². The second-order valence-corrected chi connectivity index (χ2v) is 5.70. The lowest BCUT2D eigenvalue weighted by atomic mass is 10.3. The van der Waals surface area contributed by atoms with Crippen molar-refractivity contribution in [1.82, 2.24) is 4.72 Å². The number of carbonyl (C=O) groups is 1. The maximum absolute atomic E-state index is 12.9. The topological polar surface area (TPSA) is 72.5 Å². The highest BCUT2D eigenvalue weighted by Crippen LogP contribution is 2.19. The third-order valence-electron chi connectivity index (χ3n) is 2.13. The van der Waals surface area contributed by atoms with Gasteiger partial charge in [-0.15, -0.1) is 0 Å². The van der Waals surface area contributed by atoms with E-state index in [0.29, 0.717) is 0 Å². The van der Waals surface area contributed by atoms with Gasteiger partial charge in [-0.25, -0.2) is 17.5 Å². The van der Waals surface area contributed by atoms with Gasteiger partial charge in [0, 0.05) is 6.54 Å². The Morgan fingerprint density at radius 1 is 1.47 bits per heavy atom. The molecule has 1 aromatic carbocycles. The lowest BCUT2D eigenvalue weighted by Gasteiger charge is -2.07. The quantitative estimate of drug-likeness (QED) is 0.812. The van der Waals surface area contributed by atoms with Crippen LogP contribution in [0.4, 0.5) is 4.39 Å². The van der Waals surface area contributed by atoms with Gasteiger partial charge >= 0.3 is 5.97 Å². The number of nitrogens with one attached hydrogen (secondary N) is 1. The van der Waals surface area contributed by atoms with Gasteiger partial charge in [0.25, 0.3) is 0 Å². The van der Waals surface area contributed by atoms with Crippen molar-refractivity contribution in [2.45, 2.75) is 18.2 Å². The minimum atomic E-state index is -3.82. The van der Waals surface area contributed by atoms with Gasteiger partial charge < -0.3 is 4.74 Å². The molecule has 1 aromatic rings. The Morgan fingerprint density at radius 2 is 2.16 bits per heavy atom. The van der Waals surface area contributed by atoms with Crippen LogP contribution in [0.15, 0.2) is 23.1 Å². The maximum atomic E-state index is 12.9. The highest BCUT2D eigenvalue weighted by Gasteiger charge is 2.16. The molecule has 106 valence electrons. The Kier molecular flexibility index (Phi) is 5.71. The summed E-state index contributed by atoms with van der Waals surface area (Å²) >= 11 is 5.50. The largest absolute Gasteiger partial charge is 0.466 e. The zero-order chi connectivity index (χ0) is 14.5. The summed E-state index contributed by atoms with van der Waals surface area (Å²) in [6, 6.07) is 3.06. The van der Waals surface area contributed by atoms with Crippen molar-refractivity contribution in [1.29, 1.82) is 0 Å². The van der Waals surface area contributed by atoms with E-state index in [0.717, 1.165) is 18.2 Å². The van der Waals surface area contributed by atoms with E-state index in [1.54, 1.807) is 6.92 Å². The third-order valence-corrected chi connectivity index (χ3v) is 3.88. The predicted molar refractivity (Wildman–Crippen MR) is 67.8 cm³/mol. The van der Waals surface area contributed by atoms with E-state index in [1.807, 2.05) is 0 Å². The van der Waals surface area contributed by atoms with Crippen LogP contribution in [0, 0.1) is 5.82 Å². The maximum Gasteiger partial charge on any atom is 0.307 e. The lowest BCUT2D eigenvalue weighted by Crippen LogP contribution is -2.26. The summed E-state index contributed by atoms with van der Waals surface area (Å²) in [7, 11) is -3.82. The molecule has 0 aliphatic heterocycles. The van der Waals surface area contributed by atoms with Gasteiger partial charge in [0.05, 0.1) is 22.9 Å². The highest BCUT2D eigenvalue weighted by molar-refractivity contribution is 7.89. The Bertz CT molecular complexity index is 562. The minimum absolute atomic E-state index is 0.0814. The van der Waals surface area contributed by atoms with Crippen molar-refractivity contribution in [3.8, 4) is 0 Å². The van der Waals surface area contributed by atoms with E-state index in [4.69, 9.17) is 11.6 Å². The van der Waals surface area contributed by atoms with Crippen LogP contribution in [0.25, 0.3) is 0 Å². The number of halogens is 2.